The Labute approximate surface area is 129 Å². The zero-order chi connectivity index (χ0) is 14.7. The van der Waals surface area contributed by atoms with Gasteiger partial charge in [0.05, 0.1) is 0 Å². The predicted molar refractivity (Wildman–Crippen MR) is 86.9 cm³/mol. The number of nitrogens with two attached hydrogens (primary N) is 1. The zero-order valence-electron chi connectivity index (χ0n) is 12.4. The summed E-state index contributed by atoms with van der Waals surface area (Å²) in [4.78, 5) is 19.5. The largest absolute Gasteiger partial charge is 0.382 e. The van der Waals surface area contributed by atoms with Gasteiger partial charge in [-0.1, -0.05) is 37.0 Å². The van der Waals surface area contributed by atoms with Crippen molar-refractivity contribution in [1.29, 1.82) is 0 Å². The number of nitrogen functional groups attached to an aromatic ring is 1. The molecule has 1 aromatic rings. The third kappa shape index (κ3) is 3.87. The number of nitrogens with one attached hydrogen (secondary N) is 1. The monoisotopic (exact) mass is 308 g/mol. The third-order valence-corrected chi connectivity index (χ3v) is 5.39. The second-order valence-corrected chi connectivity index (χ2v) is 7.08. The SMILES string of the molecule is Nc1nc(N2CCCCCC2)sc1C(=O)NCCC1CC1. The summed E-state index contributed by atoms with van der Waals surface area (Å²) in [6, 6.07) is 0. The van der Waals surface area contributed by atoms with E-state index < -0.39 is 0 Å². The Balaban J connectivity index is 1.60. The lowest BCUT2D eigenvalue weighted by Gasteiger charge is -2.18. The van der Waals surface area contributed by atoms with Gasteiger partial charge in [-0.2, -0.15) is 0 Å². The maximum atomic E-state index is 12.2. The first-order chi connectivity index (χ1) is 10.2. The van der Waals surface area contributed by atoms with E-state index in [1.165, 1.54) is 49.9 Å². The van der Waals surface area contributed by atoms with Crippen LogP contribution in [0.15, 0.2) is 0 Å². The summed E-state index contributed by atoms with van der Waals surface area (Å²) in [6.07, 6.45) is 8.68. The van der Waals surface area contributed by atoms with Crippen molar-refractivity contribution in [2.75, 3.05) is 30.3 Å². The average Bonchev–Trinajstić information content (AvgIpc) is 3.25. The molecule has 21 heavy (non-hydrogen) atoms. The summed E-state index contributed by atoms with van der Waals surface area (Å²) >= 11 is 1.44. The predicted octanol–water partition coefficient (Wildman–Crippen LogP) is 2.64. The number of rotatable bonds is 5. The first-order valence-corrected chi connectivity index (χ1v) is 8.85. The number of aromatic nitrogens is 1. The third-order valence-electron chi connectivity index (χ3n) is 4.26. The zero-order valence-corrected chi connectivity index (χ0v) is 13.3. The molecule has 0 aromatic carbocycles. The van der Waals surface area contributed by atoms with Crippen molar-refractivity contribution in [2.45, 2.75) is 44.9 Å². The van der Waals surface area contributed by atoms with Crippen LogP contribution in [0.25, 0.3) is 0 Å². The number of thiazole rings is 1. The smallest absolute Gasteiger partial charge is 0.265 e. The van der Waals surface area contributed by atoms with Crippen LogP contribution in [0, 0.1) is 5.92 Å². The van der Waals surface area contributed by atoms with Crippen molar-refractivity contribution < 1.29 is 4.79 Å². The molecule has 5 nitrogen and oxygen atoms in total. The van der Waals surface area contributed by atoms with Gasteiger partial charge in [-0.05, 0) is 25.2 Å². The highest BCUT2D eigenvalue weighted by molar-refractivity contribution is 7.18. The van der Waals surface area contributed by atoms with Crippen molar-refractivity contribution in [1.82, 2.24) is 10.3 Å². The maximum absolute atomic E-state index is 12.2. The van der Waals surface area contributed by atoms with Crippen molar-refractivity contribution in [3.8, 4) is 0 Å². The summed E-state index contributed by atoms with van der Waals surface area (Å²) in [5, 5.41) is 3.88. The van der Waals surface area contributed by atoms with E-state index in [2.05, 4.69) is 15.2 Å². The van der Waals surface area contributed by atoms with E-state index in [0.717, 1.165) is 37.1 Å². The first kappa shape index (κ1) is 14.6. The number of amides is 1. The minimum atomic E-state index is -0.0632. The number of carbonyl (C=O) groups is 1. The molecular formula is C15H24N4OS. The van der Waals surface area contributed by atoms with Crippen molar-refractivity contribution in [2.24, 2.45) is 5.92 Å². The summed E-state index contributed by atoms with van der Waals surface area (Å²) in [5.74, 6) is 1.15. The van der Waals surface area contributed by atoms with Gasteiger partial charge < -0.3 is 16.0 Å². The normalized spacial score (nSPS) is 19.3. The fraction of sp³-hybridized carbons (Fsp3) is 0.733. The second-order valence-electron chi connectivity index (χ2n) is 6.10. The fourth-order valence-corrected chi connectivity index (χ4v) is 3.71. The molecule has 2 heterocycles. The average molecular weight is 308 g/mol. The summed E-state index contributed by atoms with van der Waals surface area (Å²) in [6.45, 7) is 2.80. The van der Waals surface area contributed by atoms with Gasteiger partial charge in [0, 0.05) is 19.6 Å². The second kappa shape index (κ2) is 6.64. The molecule has 0 bridgehead atoms. The van der Waals surface area contributed by atoms with E-state index in [-0.39, 0.29) is 5.91 Å². The van der Waals surface area contributed by atoms with Crippen LogP contribution in [0.1, 0.15) is 54.6 Å². The van der Waals surface area contributed by atoms with Crippen LogP contribution in [0.3, 0.4) is 0 Å². The van der Waals surface area contributed by atoms with E-state index in [9.17, 15) is 4.79 Å². The molecule has 2 fully saturated rings. The van der Waals surface area contributed by atoms with E-state index in [4.69, 9.17) is 5.73 Å². The number of carbonyl (C=O) groups excluding carboxylic acids is 1. The molecule has 0 unspecified atom stereocenters. The lowest BCUT2D eigenvalue weighted by molar-refractivity contribution is 0.0957. The summed E-state index contributed by atoms with van der Waals surface area (Å²) < 4.78 is 0. The maximum Gasteiger partial charge on any atom is 0.265 e. The Kier molecular flexibility index (Phi) is 4.63. The number of hydrogen-bond acceptors (Lipinski definition) is 5. The van der Waals surface area contributed by atoms with Gasteiger partial charge in [0.2, 0.25) is 0 Å². The molecule has 1 aliphatic heterocycles. The molecule has 0 radical (unpaired) electrons. The molecule has 1 saturated heterocycles. The molecule has 6 heteroatoms. The molecule has 3 rings (SSSR count). The van der Waals surface area contributed by atoms with Crippen LogP contribution >= 0.6 is 11.3 Å². The molecule has 0 spiro atoms. The van der Waals surface area contributed by atoms with Crippen LogP contribution < -0.4 is 16.0 Å². The van der Waals surface area contributed by atoms with Crippen LogP contribution in [0.4, 0.5) is 10.9 Å². The lowest BCUT2D eigenvalue weighted by Crippen LogP contribution is -2.24. The van der Waals surface area contributed by atoms with Gasteiger partial charge in [0.1, 0.15) is 10.7 Å². The standard InChI is InChI=1S/C15H24N4OS/c16-13-12(14(20)17-8-7-11-5-6-11)21-15(18-13)19-9-3-1-2-4-10-19/h11H,1-10,16H2,(H,17,20). The minimum absolute atomic E-state index is 0.0632. The molecule has 116 valence electrons. The number of anilines is 2. The van der Waals surface area contributed by atoms with Crippen LogP contribution in [0.5, 0.6) is 0 Å². The molecule has 1 aromatic heterocycles. The number of nitrogens with zero attached hydrogens (tertiary/aromatic N) is 2. The first-order valence-electron chi connectivity index (χ1n) is 8.03. The Morgan fingerprint density at radius 3 is 2.67 bits per heavy atom. The van der Waals surface area contributed by atoms with Crippen LogP contribution in [-0.2, 0) is 0 Å². The van der Waals surface area contributed by atoms with Crippen molar-refractivity contribution in [3.05, 3.63) is 4.88 Å². The van der Waals surface area contributed by atoms with Crippen molar-refractivity contribution >= 4 is 28.2 Å². The Morgan fingerprint density at radius 1 is 1.29 bits per heavy atom. The van der Waals surface area contributed by atoms with E-state index in [1.54, 1.807) is 0 Å². The minimum Gasteiger partial charge on any atom is -0.382 e. The van der Waals surface area contributed by atoms with Gasteiger partial charge in [0.25, 0.3) is 5.91 Å². The molecule has 2 aliphatic rings. The Morgan fingerprint density at radius 2 is 2.00 bits per heavy atom. The molecule has 1 saturated carbocycles. The van der Waals surface area contributed by atoms with E-state index in [1.807, 2.05) is 0 Å². The fourth-order valence-electron chi connectivity index (χ4n) is 2.76. The highest BCUT2D eigenvalue weighted by Crippen LogP contribution is 2.32. The van der Waals surface area contributed by atoms with E-state index >= 15 is 0 Å². The van der Waals surface area contributed by atoms with Crippen molar-refractivity contribution in [3.63, 3.8) is 0 Å². The molecule has 1 amide bonds. The van der Waals surface area contributed by atoms with Crippen LogP contribution in [-0.4, -0.2) is 30.5 Å². The van der Waals surface area contributed by atoms with Gasteiger partial charge >= 0.3 is 0 Å². The number of hydrogen-bond donors (Lipinski definition) is 2. The van der Waals surface area contributed by atoms with Gasteiger partial charge in [-0.25, -0.2) is 4.98 Å². The van der Waals surface area contributed by atoms with E-state index in [0.29, 0.717) is 10.7 Å². The lowest BCUT2D eigenvalue weighted by atomic mass is 10.2. The summed E-state index contributed by atoms with van der Waals surface area (Å²) in [7, 11) is 0. The van der Waals surface area contributed by atoms with Gasteiger partial charge in [-0.15, -0.1) is 0 Å². The van der Waals surface area contributed by atoms with Crippen LogP contribution in [0.2, 0.25) is 0 Å². The highest BCUT2D eigenvalue weighted by Gasteiger charge is 2.23. The molecule has 0 atom stereocenters. The summed E-state index contributed by atoms with van der Waals surface area (Å²) in [5.41, 5.74) is 5.94. The van der Waals surface area contributed by atoms with Gasteiger partial charge in [-0.3, -0.25) is 4.79 Å². The Hall–Kier alpha value is -1.30. The molecule has 1 aliphatic carbocycles. The van der Waals surface area contributed by atoms with Gasteiger partial charge in [0.15, 0.2) is 5.13 Å². The quantitative estimate of drug-likeness (QED) is 0.877. The molecule has 3 N–H and O–H groups in total. The Bertz CT molecular complexity index is 490. The highest BCUT2D eigenvalue weighted by atomic mass is 32.1. The molecular weight excluding hydrogens is 284 g/mol. The topological polar surface area (TPSA) is 71.2 Å².